The Morgan fingerprint density at radius 1 is 1.27 bits per heavy atom. The van der Waals surface area contributed by atoms with Crippen LogP contribution < -0.4 is 10.6 Å². The van der Waals surface area contributed by atoms with E-state index in [-0.39, 0.29) is 19.2 Å². The summed E-state index contributed by atoms with van der Waals surface area (Å²) in [6, 6.07) is 0.0449. The van der Waals surface area contributed by atoms with Gasteiger partial charge in [-0.25, -0.2) is 4.79 Å². The van der Waals surface area contributed by atoms with Gasteiger partial charge in [0.25, 0.3) is 0 Å². The Morgan fingerprint density at radius 3 is 2.41 bits per heavy atom. The van der Waals surface area contributed by atoms with Crippen LogP contribution in [0.3, 0.4) is 0 Å². The molecule has 0 aromatic carbocycles. The van der Waals surface area contributed by atoms with Crippen LogP contribution in [-0.2, 0) is 9.47 Å². The van der Waals surface area contributed by atoms with Gasteiger partial charge in [0.2, 0.25) is 0 Å². The summed E-state index contributed by atoms with van der Waals surface area (Å²) in [7, 11) is 1.61. The van der Waals surface area contributed by atoms with Gasteiger partial charge in [-0.1, -0.05) is 0 Å². The number of amides is 1. The lowest BCUT2D eigenvalue weighted by molar-refractivity contribution is -0.00171. The first kappa shape index (κ1) is 21.1. The summed E-state index contributed by atoms with van der Waals surface area (Å²) < 4.78 is 10.3. The number of rotatable bonds is 10. The lowest BCUT2D eigenvalue weighted by Crippen LogP contribution is -2.46. The van der Waals surface area contributed by atoms with E-state index in [0.717, 1.165) is 12.8 Å². The van der Waals surface area contributed by atoms with Crippen LogP contribution in [0.25, 0.3) is 0 Å². The molecule has 0 fully saturated rings. The summed E-state index contributed by atoms with van der Waals surface area (Å²) in [5, 5.41) is 24.6. The SMILES string of the molecule is COCC(CCCNC(=O)OC(C)(C)C)NCC(C)(O)CO. The number of carbonyl (C=O) groups is 1. The summed E-state index contributed by atoms with van der Waals surface area (Å²) in [6.07, 6.45) is 1.10. The zero-order chi connectivity index (χ0) is 17.2. The molecule has 0 aromatic rings. The van der Waals surface area contributed by atoms with E-state index in [1.165, 1.54) is 0 Å². The average Bonchev–Trinajstić information content (AvgIpc) is 2.39. The number of ether oxygens (including phenoxy) is 2. The summed E-state index contributed by atoms with van der Waals surface area (Å²) >= 11 is 0. The van der Waals surface area contributed by atoms with Gasteiger partial charge >= 0.3 is 6.09 Å². The topological polar surface area (TPSA) is 100 Å². The fourth-order valence-corrected chi connectivity index (χ4v) is 1.72. The highest BCUT2D eigenvalue weighted by Crippen LogP contribution is 2.07. The highest BCUT2D eigenvalue weighted by atomic mass is 16.6. The van der Waals surface area contributed by atoms with E-state index in [9.17, 15) is 9.90 Å². The van der Waals surface area contributed by atoms with Crippen molar-refractivity contribution >= 4 is 6.09 Å². The fraction of sp³-hybridized carbons (Fsp3) is 0.933. The van der Waals surface area contributed by atoms with Crippen molar-refractivity contribution in [2.24, 2.45) is 0 Å². The molecule has 2 unspecified atom stereocenters. The van der Waals surface area contributed by atoms with Crippen LogP contribution in [0.4, 0.5) is 4.79 Å². The molecule has 0 rings (SSSR count). The maximum absolute atomic E-state index is 11.5. The van der Waals surface area contributed by atoms with E-state index < -0.39 is 17.3 Å². The van der Waals surface area contributed by atoms with Crippen molar-refractivity contribution in [3.05, 3.63) is 0 Å². The predicted molar refractivity (Wildman–Crippen MR) is 84.8 cm³/mol. The first-order valence-corrected chi connectivity index (χ1v) is 7.62. The molecule has 7 heteroatoms. The van der Waals surface area contributed by atoms with Crippen LogP contribution >= 0.6 is 0 Å². The Balaban J connectivity index is 3.98. The van der Waals surface area contributed by atoms with Crippen LogP contribution in [0, 0.1) is 0 Å². The summed E-state index contributed by atoms with van der Waals surface area (Å²) in [6.45, 7) is 7.99. The van der Waals surface area contributed by atoms with E-state index in [2.05, 4.69) is 10.6 Å². The van der Waals surface area contributed by atoms with E-state index in [1.54, 1.807) is 14.0 Å². The van der Waals surface area contributed by atoms with Crippen molar-refractivity contribution < 1.29 is 24.5 Å². The number of carbonyl (C=O) groups excluding carboxylic acids is 1. The fourth-order valence-electron chi connectivity index (χ4n) is 1.72. The maximum atomic E-state index is 11.5. The molecule has 0 aliphatic heterocycles. The highest BCUT2D eigenvalue weighted by Gasteiger charge is 2.21. The molecule has 0 radical (unpaired) electrons. The number of methoxy groups -OCH3 is 1. The number of nitrogens with one attached hydrogen (secondary N) is 2. The summed E-state index contributed by atoms with van der Waals surface area (Å²) in [5.74, 6) is 0. The van der Waals surface area contributed by atoms with Crippen molar-refractivity contribution in [1.29, 1.82) is 0 Å². The minimum atomic E-state index is -1.15. The Labute approximate surface area is 133 Å². The van der Waals surface area contributed by atoms with Crippen molar-refractivity contribution in [2.45, 2.75) is 57.8 Å². The maximum Gasteiger partial charge on any atom is 0.407 e. The van der Waals surface area contributed by atoms with Gasteiger partial charge in [-0.05, 0) is 40.5 Å². The van der Waals surface area contributed by atoms with Crippen LogP contribution in [0.2, 0.25) is 0 Å². The number of hydrogen-bond donors (Lipinski definition) is 4. The Morgan fingerprint density at radius 2 is 1.91 bits per heavy atom. The second-order valence-electron chi connectivity index (χ2n) is 6.76. The third-order valence-electron chi connectivity index (χ3n) is 2.88. The molecule has 4 N–H and O–H groups in total. The molecule has 0 aromatic heterocycles. The molecular weight excluding hydrogens is 288 g/mol. The predicted octanol–water partition coefficient (Wildman–Crippen LogP) is 0.639. The lowest BCUT2D eigenvalue weighted by Gasteiger charge is -2.25. The molecule has 1 amide bonds. The smallest absolute Gasteiger partial charge is 0.407 e. The van der Waals surface area contributed by atoms with Crippen molar-refractivity contribution in [1.82, 2.24) is 10.6 Å². The minimum Gasteiger partial charge on any atom is -0.444 e. The van der Waals surface area contributed by atoms with Gasteiger partial charge in [-0.3, -0.25) is 0 Å². The molecule has 2 atom stereocenters. The van der Waals surface area contributed by atoms with Crippen LogP contribution in [0.15, 0.2) is 0 Å². The third kappa shape index (κ3) is 11.7. The Hall–Kier alpha value is -0.890. The van der Waals surface area contributed by atoms with Crippen LogP contribution in [0.5, 0.6) is 0 Å². The van der Waals surface area contributed by atoms with Crippen molar-refractivity contribution in [3.63, 3.8) is 0 Å². The first-order valence-electron chi connectivity index (χ1n) is 7.62. The summed E-state index contributed by atoms with van der Waals surface area (Å²) in [4.78, 5) is 11.5. The van der Waals surface area contributed by atoms with E-state index in [1.807, 2.05) is 20.8 Å². The second-order valence-corrected chi connectivity index (χ2v) is 6.76. The molecule has 0 aliphatic carbocycles. The number of aliphatic hydroxyl groups is 2. The van der Waals surface area contributed by atoms with Crippen molar-refractivity contribution in [2.75, 3.05) is 33.4 Å². The second kappa shape index (κ2) is 9.99. The number of alkyl carbamates (subject to hydrolysis) is 1. The van der Waals surface area contributed by atoms with E-state index in [4.69, 9.17) is 14.6 Å². The highest BCUT2D eigenvalue weighted by molar-refractivity contribution is 5.67. The monoisotopic (exact) mass is 320 g/mol. The Kier molecular flexibility index (Phi) is 9.59. The van der Waals surface area contributed by atoms with Crippen LogP contribution in [-0.4, -0.2) is 67.0 Å². The van der Waals surface area contributed by atoms with Gasteiger partial charge < -0.3 is 30.3 Å². The zero-order valence-corrected chi connectivity index (χ0v) is 14.4. The van der Waals surface area contributed by atoms with Crippen molar-refractivity contribution in [3.8, 4) is 0 Å². The molecule has 0 aliphatic rings. The molecule has 132 valence electrons. The molecule has 0 spiro atoms. The molecule has 0 saturated carbocycles. The Bertz CT molecular complexity index is 316. The van der Waals surface area contributed by atoms with E-state index >= 15 is 0 Å². The average molecular weight is 320 g/mol. The molecule has 0 bridgehead atoms. The summed E-state index contributed by atoms with van der Waals surface area (Å²) in [5.41, 5.74) is -1.65. The first-order chi connectivity index (χ1) is 10.1. The van der Waals surface area contributed by atoms with Gasteiger partial charge in [-0.2, -0.15) is 0 Å². The molecule has 7 nitrogen and oxygen atoms in total. The molecular formula is C15H32N2O5. The number of hydrogen-bond acceptors (Lipinski definition) is 6. The quantitative estimate of drug-likeness (QED) is 0.441. The van der Waals surface area contributed by atoms with Gasteiger partial charge in [-0.15, -0.1) is 0 Å². The minimum absolute atomic E-state index is 0.0449. The van der Waals surface area contributed by atoms with Gasteiger partial charge in [0.05, 0.1) is 18.8 Å². The lowest BCUT2D eigenvalue weighted by atomic mass is 10.1. The third-order valence-corrected chi connectivity index (χ3v) is 2.88. The van der Waals surface area contributed by atoms with Gasteiger partial charge in [0.15, 0.2) is 0 Å². The zero-order valence-electron chi connectivity index (χ0n) is 14.4. The standard InChI is InChI=1S/C15H32N2O5/c1-14(2,3)22-13(19)16-8-6-7-12(9-21-5)17-10-15(4,20)11-18/h12,17-18,20H,6-11H2,1-5H3,(H,16,19). The van der Waals surface area contributed by atoms with E-state index in [0.29, 0.717) is 13.2 Å². The normalized spacial score (nSPS) is 16.0. The number of aliphatic hydroxyl groups excluding tert-OH is 1. The van der Waals surface area contributed by atoms with Gasteiger partial charge in [0.1, 0.15) is 5.60 Å². The largest absolute Gasteiger partial charge is 0.444 e. The molecule has 0 saturated heterocycles. The van der Waals surface area contributed by atoms with Crippen LogP contribution in [0.1, 0.15) is 40.5 Å². The molecule has 22 heavy (non-hydrogen) atoms. The van der Waals surface area contributed by atoms with Gasteiger partial charge in [0, 0.05) is 26.2 Å². The molecule has 0 heterocycles.